The fourth-order valence-electron chi connectivity index (χ4n) is 3.33. The van der Waals surface area contributed by atoms with E-state index in [1.807, 2.05) is 0 Å². The van der Waals surface area contributed by atoms with Gasteiger partial charge in [0.1, 0.15) is 6.04 Å². The summed E-state index contributed by atoms with van der Waals surface area (Å²) in [6, 6.07) is -1.84. The molecule has 0 saturated heterocycles. The minimum absolute atomic E-state index is 0.0475. The van der Waals surface area contributed by atoms with Crippen molar-refractivity contribution in [1.82, 2.24) is 5.32 Å². The highest BCUT2D eigenvalue weighted by Crippen LogP contribution is 2.38. The Labute approximate surface area is 120 Å². The van der Waals surface area contributed by atoms with Crippen LogP contribution in [-0.2, 0) is 4.79 Å². The number of hydrogen-bond acceptors (Lipinski definition) is 1. The van der Waals surface area contributed by atoms with E-state index in [4.69, 9.17) is 0 Å². The lowest BCUT2D eigenvalue weighted by Crippen LogP contribution is -2.51. The van der Waals surface area contributed by atoms with Crippen LogP contribution >= 0.6 is 0 Å². The van der Waals surface area contributed by atoms with Gasteiger partial charge in [-0.25, -0.2) is 8.78 Å². The molecule has 2 aliphatic rings. The molecule has 1 amide bonds. The Bertz CT molecular complexity index is 366. The highest BCUT2D eigenvalue weighted by atomic mass is 19.4. The van der Waals surface area contributed by atoms with E-state index in [-0.39, 0.29) is 12.8 Å². The maximum absolute atomic E-state index is 13.1. The molecule has 0 aliphatic heterocycles. The van der Waals surface area contributed by atoms with Crippen LogP contribution in [0, 0.1) is 11.8 Å². The van der Waals surface area contributed by atoms with Crippen molar-refractivity contribution in [1.29, 1.82) is 0 Å². The van der Waals surface area contributed by atoms with Crippen molar-refractivity contribution in [3.63, 3.8) is 0 Å². The van der Waals surface area contributed by atoms with Gasteiger partial charge in [0.05, 0.1) is 0 Å². The highest BCUT2D eigenvalue weighted by Gasteiger charge is 2.47. The van der Waals surface area contributed by atoms with Crippen molar-refractivity contribution in [3.8, 4) is 0 Å². The van der Waals surface area contributed by atoms with Gasteiger partial charge < -0.3 is 5.32 Å². The van der Waals surface area contributed by atoms with E-state index in [0.717, 1.165) is 12.8 Å². The molecule has 0 unspecified atom stereocenters. The SMILES string of the molecule is O=C(N[C@H](C1CCCC1)C(F)(F)F)C1CCC(F)(F)CC1. The predicted octanol–water partition coefficient (Wildman–Crippen LogP) is 4.05. The zero-order chi connectivity index (χ0) is 15.7. The van der Waals surface area contributed by atoms with E-state index in [0.29, 0.717) is 12.8 Å². The summed E-state index contributed by atoms with van der Waals surface area (Å²) in [5.41, 5.74) is 0. The number of hydrogen-bond donors (Lipinski definition) is 1. The second-order valence-corrected chi connectivity index (χ2v) is 6.20. The molecule has 2 fully saturated rings. The molecular formula is C14H20F5NO. The topological polar surface area (TPSA) is 29.1 Å². The Balaban J connectivity index is 1.95. The number of carbonyl (C=O) groups is 1. The van der Waals surface area contributed by atoms with Crippen molar-refractivity contribution in [2.24, 2.45) is 11.8 Å². The molecule has 0 bridgehead atoms. The lowest BCUT2D eigenvalue weighted by molar-refractivity contribution is -0.173. The fraction of sp³-hybridized carbons (Fsp3) is 0.929. The van der Waals surface area contributed by atoms with Crippen LogP contribution in [0.1, 0.15) is 51.4 Å². The monoisotopic (exact) mass is 313 g/mol. The van der Waals surface area contributed by atoms with Gasteiger partial charge in [0.25, 0.3) is 0 Å². The van der Waals surface area contributed by atoms with Crippen LogP contribution in [0.25, 0.3) is 0 Å². The Morgan fingerprint density at radius 2 is 1.57 bits per heavy atom. The molecule has 0 heterocycles. The lowest BCUT2D eigenvalue weighted by Gasteiger charge is -2.31. The molecule has 2 nitrogen and oxygen atoms in total. The molecule has 7 heteroatoms. The van der Waals surface area contributed by atoms with E-state index in [1.54, 1.807) is 0 Å². The van der Waals surface area contributed by atoms with Crippen LogP contribution in [0.5, 0.6) is 0 Å². The third kappa shape index (κ3) is 4.30. The van der Waals surface area contributed by atoms with Gasteiger partial charge in [0.2, 0.25) is 11.8 Å². The van der Waals surface area contributed by atoms with Gasteiger partial charge in [-0.2, -0.15) is 13.2 Å². The summed E-state index contributed by atoms with van der Waals surface area (Å²) in [6.07, 6.45) is -3.05. The van der Waals surface area contributed by atoms with Gasteiger partial charge in [0.15, 0.2) is 0 Å². The van der Waals surface area contributed by atoms with E-state index >= 15 is 0 Å². The van der Waals surface area contributed by atoms with Crippen molar-refractivity contribution < 1.29 is 26.7 Å². The van der Waals surface area contributed by atoms with E-state index < -0.39 is 48.7 Å². The van der Waals surface area contributed by atoms with Crippen LogP contribution in [0.4, 0.5) is 22.0 Å². The van der Waals surface area contributed by atoms with Crippen molar-refractivity contribution in [3.05, 3.63) is 0 Å². The first-order valence-electron chi connectivity index (χ1n) is 7.44. The first-order chi connectivity index (χ1) is 9.69. The van der Waals surface area contributed by atoms with Gasteiger partial charge in [-0.05, 0) is 31.6 Å². The molecule has 122 valence electrons. The number of carbonyl (C=O) groups excluding carboxylic acids is 1. The van der Waals surface area contributed by atoms with E-state index in [9.17, 15) is 26.7 Å². The largest absolute Gasteiger partial charge is 0.408 e. The molecule has 2 saturated carbocycles. The minimum Gasteiger partial charge on any atom is -0.344 e. The second kappa shape index (κ2) is 6.08. The zero-order valence-corrected chi connectivity index (χ0v) is 11.7. The van der Waals surface area contributed by atoms with Gasteiger partial charge in [-0.1, -0.05) is 12.8 Å². The molecule has 21 heavy (non-hydrogen) atoms. The fourth-order valence-corrected chi connectivity index (χ4v) is 3.33. The average molecular weight is 313 g/mol. The number of rotatable bonds is 3. The summed E-state index contributed by atoms with van der Waals surface area (Å²) in [6.45, 7) is 0. The smallest absolute Gasteiger partial charge is 0.344 e. The maximum Gasteiger partial charge on any atom is 0.408 e. The number of amides is 1. The van der Waals surface area contributed by atoms with Crippen LogP contribution in [0.2, 0.25) is 0 Å². The number of nitrogens with one attached hydrogen (secondary N) is 1. The summed E-state index contributed by atoms with van der Waals surface area (Å²) in [5, 5.41) is 2.09. The molecule has 2 aliphatic carbocycles. The molecule has 1 atom stereocenters. The molecule has 0 aromatic heterocycles. The number of halogens is 5. The van der Waals surface area contributed by atoms with Gasteiger partial charge in [-0.15, -0.1) is 0 Å². The Morgan fingerprint density at radius 3 is 2.05 bits per heavy atom. The summed E-state index contributed by atoms with van der Waals surface area (Å²) in [4.78, 5) is 12.0. The standard InChI is InChI=1S/C14H20F5NO/c15-13(16)7-5-10(6-8-13)12(21)20-11(14(17,18)19)9-3-1-2-4-9/h9-11H,1-8H2,(H,20,21)/t11-/m1/s1. The van der Waals surface area contributed by atoms with Crippen LogP contribution in [-0.4, -0.2) is 24.0 Å². The van der Waals surface area contributed by atoms with Crippen molar-refractivity contribution in [2.45, 2.75) is 69.5 Å². The Hall–Kier alpha value is -0.880. The normalized spacial score (nSPS) is 25.8. The Morgan fingerprint density at radius 1 is 1.05 bits per heavy atom. The highest BCUT2D eigenvalue weighted by molar-refractivity contribution is 5.79. The molecule has 0 aromatic rings. The molecule has 0 spiro atoms. The van der Waals surface area contributed by atoms with E-state index in [2.05, 4.69) is 5.32 Å². The average Bonchev–Trinajstić information content (AvgIpc) is 2.87. The molecular weight excluding hydrogens is 293 g/mol. The summed E-state index contributed by atoms with van der Waals surface area (Å²) >= 11 is 0. The molecule has 0 aromatic carbocycles. The minimum atomic E-state index is -4.48. The quantitative estimate of drug-likeness (QED) is 0.783. The maximum atomic E-state index is 13.1. The predicted molar refractivity (Wildman–Crippen MR) is 66.8 cm³/mol. The molecule has 0 radical (unpaired) electrons. The van der Waals surface area contributed by atoms with Gasteiger partial charge >= 0.3 is 6.18 Å². The summed E-state index contributed by atoms with van der Waals surface area (Å²) < 4.78 is 65.3. The third-order valence-corrected chi connectivity index (χ3v) is 4.61. The van der Waals surface area contributed by atoms with E-state index in [1.165, 1.54) is 0 Å². The van der Waals surface area contributed by atoms with Crippen molar-refractivity contribution in [2.75, 3.05) is 0 Å². The summed E-state index contributed by atoms with van der Waals surface area (Å²) in [5.74, 6) is -4.82. The van der Waals surface area contributed by atoms with Gasteiger partial charge in [-0.3, -0.25) is 4.79 Å². The molecule has 1 N–H and O–H groups in total. The lowest BCUT2D eigenvalue weighted by atomic mass is 9.85. The summed E-state index contributed by atoms with van der Waals surface area (Å²) in [7, 11) is 0. The Kier molecular flexibility index (Phi) is 4.78. The van der Waals surface area contributed by atoms with Crippen LogP contribution < -0.4 is 5.32 Å². The van der Waals surface area contributed by atoms with Gasteiger partial charge in [0, 0.05) is 18.8 Å². The van der Waals surface area contributed by atoms with Crippen LogP contribution in [0.15, 0.2) is 0 Å². The number of alkyl halides is 5. The first kappa shape index (κ1) is 16.5. The third-order valence-electron chi connectivity index (χ3n) is 4.61. The van der Waals surface area contributed by atoms with Crippen molar-refractivity contribution >= 4 is 5.91 Å². The second-order valence-electron chi connectivity index (χ2n) is 6.20. The molecule has 2 rings (SSSR count). The van der Waals surface area contributed by atoms with Crippen LogP contribution in [0.3, 0.4) is 0 Å². The zero-order valence-electron chi connectivity index (χ0n) is 11.7. The first-order valence-corrected chi connectivity index (χ1v) is 7.44.